The summed E-state index contributed by atoms with van der Waals surface area (Å²) in [5, 5.41) is 5.94. The van der Waals surface area contributed by atoms with Crippen LogP contribution in [0.2, 0.25) is 0 Å². The van der Waals surface area contributed by atoms with Gasteiger partial charge in [-0.3, -0.25) is 9.48 Å². The third-order valence-electron chi connectivity index (χ3n) is 3.63. The van der Waals surface area contributed by atoms with Crippen LogP contribution in [0.15, 0.2) is 60.8 Å². The number of aromatic nitrogens is 2. The van der Waals surface area contributed by atoms with Gasteiger partial charge in [-0.2, -0.15) is 18.3 Å². The summed E-state index contributed by atoms with van der Waals surface area (Å²) in [7, 11) is 0. The SMILES string of the molecule is Cc1ccc(Oc2ccc(NC(=O)Cn3ccc(C(F)(F)F)n3)cc2)cc1. The molecule has 2 aromatic carbocycles. The lowest BCUT2D eigenvalue weighted by Crippen LogP contribution is -2.19. The van der Waals surface area contributed by atoms with Crippen LogP contribution < -0.4 is 10.1 Å². The number of amides is 1. The average Bonchev–Trinajstić information content (AvgIpc) is 3.07. The van der Waals surface area contributed by atoms with Crippen LogP contribution in [0.25, 0.3) is 0 Å². The summed E-state index contributed by atoms with van der Waals surface area (Å²) < 4.78 is 44.2. The largest absolute Gasteiger partial charge is 0.457 e. The molecule has 0 aliphatic heterocycles. The van der Waals surface area contributed by atoms with E-state index in [-0.39, 0.29) is 6.54 Å². The topological polar surface area (TPSA) is 56.1 Å². The molecular weight excluding hydrogens is 359 g/mol. The first-order chi connectivity index (χ1) is 12.8. The molecule has 0 atom stereocenters. The molecule has 0 radical (unpaired) electrons. The second-order valence-electron chi connectivity index (χ2n) is 5.88. The van der Waals surface area contributed by atoms with Gasteiger partial charge in [-0.15, -0.1) is 0 Å². The molecule has 1 amide bonds. The molecule has 0 bridgehead atoms. The number of nitrogens with one attached hydrogen (secondary N) is 1. The van der Waals surface area contributed by atoms with Crippen molar-refractivity contribution in [3.63, 3.8) is 0 Å². The number of rotatable bonds is 5. The fourth-order valence-electron chi connectivity index (χ4n) is 2.30. The van der Waals surface area contributed by atoms with Crippen molar-refractivity contribution in [3.8, 4) is 11.5 Å². The highest BCUT2D eigenvalue weighted by molar-refractivity contribution is 5.90. The molecule has 0 aliphatic rings. The molecule has 8 heteroatoms. The van der Waals surface area contributed by atoms with Gasteiger partial charge in [-0.25, -0.2) is 0 Å². The summed E-state index contributed by atoms with van der Waals surface area (Å²) in [6.07, 6.45) is -3.42. The van der Waals surface area contributed by atoms with Gasteiger partial charge in [0.15, 0.2) is 5.69 Å². The zero-order valence-electron chi connectivity index (χ0n) is 14.3. The van der Waals surface area contributed by atoms with Crippen LogP contribution in [-0.2, 0) is 17.5 Å². The Labute approximate surface area is 153 Å². The van der Waals surface area contributed by atoms with Crippen molar-refractivity contribution in [2.75, 3.05) is 5.32 Å². The summed E-state index contributed by atoms with van der Waals surface area (Å²) >= 11 is 0. The van der Waals surface area contributed by atoms with Crippen LogP contribution in [0.3, 0.4) is 0 Å². The highest BCUT2D eigenvalue weighted by atomic mass is 19.4. The Morgan fingerprint density at radius 2 is 1.63 bits per heavy atom. The number of anilines is 1. The number of alkyl halides is 3. The molecule has 0 fully saturated rings. The van der Waals surface area contributed by atoms with E-state index in [0.717, 1.165) is 22.5 Å². The minimum atomic E-state index is -4.53. The summed E-state index contributed by atoms with van der Waals surface area (Å²) in [6.45, 7) is 1.66. The zero-order valence-corrected chi connectivity index (χ0v) is 14.3. The minimum absolute atomic E-state index is 0.322. The minimum Gasteiger partial charge on any atom is -0.457 e. The summed E-state index contributed by atoms with van der Waals surface area (Å²) in [5.74, 6) is 0.800. The van der Waals surface area contributed by atoms with E-state index in [0.29, 0.717) is 17.2 Å². The maximum absolute atomic E-state index is 12.5. The predicted octanol–water partition coefficient (Wildman–Crippen LogP) is 4.64. The lowest BCUT2D eigenvalue weighted by molar-refractivity contribution is -0.141. The first kappa shape index (κ1) is 18.5. The number of ether oxygens (including phenoxy) is 1. The molecule has 0 saturated heterocycles. The number of aryl methyl sites for hydroxylation is 1. The molecule has 1 heterocycles. The van der Waals surface area contributed by atoms with E-state index >= 15 is 0 Å². The number of halogens is 3. The number of hydrogen-bond acceptors (Lipinski definition) is 3. The molecule has 140 valence electrons. The molecule has 0 saturated carbocycles. The standard InChI is InChI=1S/C19H16F3N3O2/c1-13-2-6-15(7-3-13)27-16-8-4-14(5-9-16)23-18(26)12-25-11-10-17(24-25)19(20,21)22/h2-11H,12H2,1H3,(H,23,26). The third-order valence-corrected chi connectivity index (χ3v) is 3.63. The Kier molecular flexibility index (Phi) is 5.16. The number of carbonyl (C=O) groups excluding carboxylic acids is 1. The molecule has 0 spiro atoms. The number of hydrogen-bond donors (Lipinski definition) is 1. The van der Waals surface area contributed by atoms with Gasteiger partial charge >= 0.3 is 6.18 Å². The van der Waals surface area contributed by atoms with E-state index in [1.54, 1.807) is 24.3 Å². The van der Waals surface area contributed by atoms with Crippen molar-refractivity contribution in [1.29, 1.82) is 0 Å². The van der Waals surface area contributed by atoms with E-state index in [1.165, 1.54) is 0 Å². The Morgan fingerprint density at radius 1 is 1.04 bits per heavy atom. The summed E-state index contributed by atoms with van der Waals surface area (Å²) in [5.41, 5.74) is 0.590. The van der Waals surface area contributed by atoms with Crippen LogP contribution in [0.4, 0.5) is 18.9 Å². The monoisotopic (exact) mass is 375 g/mol. The van der Waals surface area contributed by atoms with Crippen LogP contribution in [-0.4, -0.2) is 15.7 Å². The normalized spacial score (nSPS) is 11.3. The van der Waals surface area contributed by atoms with Crippen molar-refractivity contribution in [2.24, 2.45) is 0 Å². The van der Waals surface area contributed by atoms with Gasteiger partial charge in [-0.05, 0) is 49.4 Å². The second kappa shape index (κ2) is 7.53. The fraction of sp³-hybridized carbons (Fsp3) is 0.158. The average molecular weight is 375 g/mol. The van der Waals surface area contributed by atoms with Crippen molar-refractivity contribution in [1.82, 2.24) is 9.78 Å². The van der Waals surface area contributed by atoms with E-state index in [9.17, 15) is 18.0 Å². The van der Waals surface area contributed by atoms with Gasteiger partial charge in [0, 0.05) is 11.9 Å². The maximum Gasteiger partial charge on any atom is 0.435 e. The molecular formula is C19H16F3N3O2. The molecule has 5 nitrogen and oxygen atoms in total. The Bertz CT molecular complexity index is 917. The predicted molar refractivity (Wildman–Crippen MR) is 93.6 cm³/mol. The van der Waals surface area contributed by atoms with Gasteiger partial charge in [0.05, 0.1) is 0 Å². The molecule has 0 aliphatic carbocycles. The number of nitrogens with zero attached hydrogens (tertiary/aromatic N) is 2. The molecule has 0 unspecified atom stereocenters. The van der Waals surface area contributed by atoms with Gasteiger partial charge < -0.3 is 10.1 Å². The summed E-state index contributed by atoms with van der Waals surface area (Å²) in [4.78, 5) is 12.0. The Morgan fingerprint density at radius 3 is 2.19 bits per heavy atom. The molecule has 3 rings (SSSR count). The summed E-state index contributed by atoms with van der Waals surface area (Å²) in [6, 6.07) is 15.1. The quantitative estimate of drug-likeness (QED) is 0.707. The van der Waals surface area contributed by atoms with Crippen molar-refractivity contribution in [3.05, 3.63) is 72.1 Å². The maximum atomic E-state index is 12.5. The molecule has 1 aromatic heterocycles. The highest BCUT2D eigenvalue weighted by Gasteiger charge is 2.33. The van der Waals surface area contributed by atoms with E-state index in [4.69, 9.17) is 4.74 Å². The molecule has 1 N–H and O–H groups in total. The van der Waals surface area contributed by atoms with E-state index < -0.39 is 17.8 Å². The highest BCUT2D eigenvalue weighted by Crippen LogP contribution is 2.27. The smallest absolute Gasteiger partial charge is 0.435 e. The number of carbonyl (C=O) groups is 1. The van der Waals surface area contributed by atoms with Gasteiger partial charge in [-0.1, -0.05) is 17.7 Å². The van der Waals surface area contributed by atoms with Gasteiger partial charge in [0.1, 0.15) is 18.0 Å². The van der Waals surface area contributed by atoms with E-state index in [1.807, 2.05) is 31.2 Å². The number of benzene rings is 2. The first-order valence-electron chi connectivity index (χ1n) is 8.05. The Hall–Kier alpha value is -3.29. The lowest BCUT2D eigenvalue weighted by atomic mass is 10.2. The van der Waals surface area contributed by atoms with Crippen LogP contribution in [0, 0.1) is 6.92 Å². The van der Waals surface area contributed by atoms with Crippen LogP contribution >= 0.6 is 0 Å². The fourth-order valence-corrected chi connectivity index (χ4v) is 2.30. The van der Waals surface area contributed by atoms with Gasteiger partial charge in [0.25, 0.3) is 0 Å². The van der Waals surface area contributed by atoms with Gasteiger partial charge in [0.2, 0.25) is 5.91 Å². The van der Waals surface area contributed by atoms with E-state index in [2.05, 4.69) is 10.4 Å². The first-order valence-corrected chi connectivity index (χ1v) is 8.05. The van der Waals surface area contributed by atoms with Crippen molar-refractivity contribution >= 4 is 11.6 Å². The third kappa shape index (κ3) is 5.10. The van der Waals surface area contributed by atoms with Crippen molar-refractivity contribution < 1.29 is 22.7 Å². The lowest BCUT2D eigenvalue weighted by Gasteiger charge is -2.08. The second-order valence-corrected chi connectivity index (χ2v) is 5.88. The van der Waals surface area contributed by atoms with Crippen LogP contribution in [0.1, 0.15) is 11.3 Å². The van der Waals surface area contributed by atoms with Crippen LogP contribution in [0.5, 0.6) is 11.5 Å². The Balaban J connectivity index is 1.56. The molecule has 3 aromatic rings. The van der Waals surface area contributed by atoms with Crippen molar-refractivity contribution in [2.45, 2.75) is 19.6 Å². The zero-order chi connectivity index (χ0) is 19.4. The molecule has 27 heavy (non-hydrogen) atoms.